The molecule has 0 aromatic carbocycles. The summed E-state index contributed by atoms with van der Waals surface area (Å²) >= 11 is 4.75. The van der Waals surface area contributed by atoms with Gasteiger partial charge in [0.2, 0.25) is 0 Å². The third kappa shape index (κ3) is 4.92. The average molecular weight is 241 g/mol. The molecule has 0 aromatic heterocycles. The van der Waals surface area contributed by atoms with Crippen LogP contribution in [0.25, 0.3) is 0 Å². The first kappa shape index (κ1) is 13.4. The standard InChI is InChI=1S/C12H23N3S/c1-2-3-4-5-7-10-8-6-9-11(10)14-15-12(13)16/h10H,2-9H2,1H3,(H3,13,15,16). The van der Waals surface area contributed by atoms with E-state index in [2.05, 4.69) is 17.5 Å². The summed E-state index contributed by atoms with van der Waals surface area (Å²) in [6.07, 6.45) is 10.2. The normalized spacial score (nSPS) is 22.6. The Labute approximate surface area is 104 Å². The maximum absolute atomic E-state index is 5.37. The van der Waals surface area contributed by atoms with Crippen LogP contribution in [0.5, 0.6) is 0 Å². The quantitative estimate of drug-likeness (QED) is 0.427. The molecule has 0 radical (unpaired) electrons. The lowest BCUT2D eigenvalue weighted by atomic mass is 9.98. The van der Waals surface area contributed by atoms with Gasteiger partial charge < -0.3 is 5.73 Å². The van der Waals surface area contributed by atoms with Gasteiger partial charge in [-0.15, -0.1) is 0 Å². The summed E-state index contributed by atoms with van der Waals surface area (Å²) in [5.41, 5.74) is 9.35. The largest absolute Gasteiger partial charge is 0.375 e. The molecule has 3 N–H and O–H groups in total. The molecule has 1 unspecified atom stereocenters. The van der Waals surface area contributed by atoms with Crippen molar-refractivity contribution in [3.8, 4) is 0 Å². The van der Waals surface area contributed by atoms with Crippen LogP contribution in [-0.4, -0.2) is 10.8 Å². The van der Waals surface area contributed by atoms with Gasteiger partial charge in [-0.1, -0.05) is 32.6 Å². The number of hydrogen-bond acceptors (Lipinski definition) is 2. The Morgan fingerprint density at radius 1 is 1.50 bits per heavy atom. The topological polar surface area (TPSA) is 50.4 Å². The number of hydrazone groups is 1. The molecule has 1 rings (SSSR count). The molecule has 4 heteroatoms. The fraction of sp³-hybridized carbons (Fsp3) is 0.833. The van der Waals surface area contributed by atoms with Crippen LogP contribution in [0.1, 0.15) is 58.3 Å². The molecule has 1 fully saturated rings. The van der Waals surface area contributed by atoms with Crippen LogP contribution in [0, 0.1) is 5.92 Å². The van der Waals surface area contributed by atoms with Crippen molar-refractivity contribution < 1.29 is 0 Å². The first-order chi connectivity index (χ1) is 7.74. The number of thiocarbonyl (C=S) groups is 1. The second-order valence-electron chi connectivity index (χ2n) is 4.52. The Balaban J connectivity index is 2.28. The fourth-order valence-corrected chi connectivity index (χ4v) is 2.35. The molecular formula is C12H23N3S. The van der Waals surface area contributed by atoms with Crippen molar-refractivity contribution >= 4 is 23.0 Å². The van der Waals surface area contributed by atoms with Gasteiger partial charge in [0, 0.05) is 5.71 Å². The van der Waals surface area contributed by atoms with E-state index in [0.29, 0.717) is 5.92 Å². The Bertz CT molecular complexity index is 251. The highest BCUT2D eigenvalue weighted by Gasteiger charge is 2.21. The SMILES string of the molecule is CCCCCCC1CCCC1=NNC(N)=S. The predicted molar refractivity (Wildman–Crippen MR) is 73.5 cm³/mol. The molecule has 92 valence electrons. The molecule has 1 saturated carbocycles. The summed E-state index contributed by atoms with van der Waals surface area (Å²) in [6, 6.07) is 0. The van der Waals surface area contributed by atoms with Crippen molar-refractivity contribution in [2.75, 3.05) is 0 Å². The Kier molecular flexibility index (Phi) is 6.38. The average Bonchev–Trinajstić information content (AvgIpc) is 2.69. The minimum Gasteiger partial charge on any atom is -0.375 e. The zero-order valence-corrected chi connectivity index (χ0v) is 11.0. The maximum atomic E-state index is 5.37. The van der Waals surface area contributed by atoms with Gasteiger partial charge >= 0.3 is 0 Å². The molecule has 0 aromatic rings. The molecule has 1 aliphatic rings. The van der Waals surface area contributed by atoms with E-state index < -0.39 is 0 Å². The van der Waals surface area contributed by atoms with Gasteiger partial charge in [-0.25, -0.2) is 0 Å². The summed E-state index contributed by atoms with van der Waals surface area (Å²) < 4.78 is 0. The van der Waals surface area contributed by atoms with Crippen molar-refractivity contribution in [2.45, 2.75) is 58.3 Å². The van der Waals surface area contributed by atoms with Gasteiger partial charge in [-0.05, 0) is 43.8 Å². The van der Waals surface area contributed by atoms with E-state index in [1.54, 1.807) is 0 Å². The number of hydrogen-bond donors (Lipinski definition) is 2. The molecule has 16 heavy (non-hydrogen) atoms. The van der Waals surface area contributed by atoms with E-state index in [1.165, 1.54) is 50.7 Å². The smallest absolute Gasteiger partial charge is 0.184 e. The lowest BCUT2D eigenvalue weighted by Gasteiger charge is -2.10. The lowest BCUT2D eigenvalue weighted by Crippen LogP contribution is -2.26. The Morgan fingerprint density at radius 3 is 3.00 bits per heavy atom. The third-order valence-corrected chi connectivity index (χ3v) is 3.26. The second-order valence-corrected chi connectivity index (χ2v) is 4.96. The highest BCUT2D eigenvalue weighted by atomic mass is 32.1. The number of nitrogens with one attached hydrogen (secondary N) is 1. The summed E-state index contributed by atoms with van der Waals surface area (Å²) in [4.78, 5) is 0. The molecule has 1 aliphatic carbocycles. The first-order valence-electron chi connectivity index (χ1n) is 6.36. The number of nitrogens with zero attached hydrogens (tertiary/aromatic N) is 1. The highest BCUT2D eigenvalue weighted by molar-refractivity contribution is 7.80. The molecule has 0 bridgehead atoms. The van der Waals surface area contributed by atoms with Crippen LogP contribution >= 0.6 is 12.2 Å². The highest BCUT2D eigenvalue weighted by Crippen LogP contribution is 2.27. The van der Waals surface area contributed by atoms with E-state index in [0.717, 1.165) is 6.42 Å². The maximum Gasteiger partial charge on any atom is 0.184 e. The summed E-state index contributed by atoms with van der Waals surface area (Å²) in [5, 5.41) is 4.57. The first-order valence-corrected chi connectivity index (χ1v) is 6.76. The van der Waals surface area contributed by atoms with Crippen molar-refractivity contribution in [1.29, 1.82) is 0 Å². The van der Waals surface area contributed by atoms with Crippen molar-refractivity contribution in [3.05, 3.63) is 0 Å². The van der Waals surface area contributed by atoms with E-state index in [-0.39, 0.29) is 5.11 Å². The zero-order chi connectivity index (χ0) is 11.8. The van der Waals surface area contributed by atoms with Crippen LogP contribution in [0.2, 0.25) is 0 Å². The molecule has 0 amide bonds. The van der Waals surface area contributed by atoms with Gasteiger partial charge in [-0.3, -0.25) is 5.43 Å². The molecule has 0 saturated heterocycles. The molecule has 0 spiro atoms. The number of nitrogens with two attached hydrogens (primary N) is 1. The van der Waals surface area contributed by atoms with Crippen molar-refractivity contribution in [3.63, 3.8) is 0 Å². The summed E-state index contributed by atoms with van der Waals surface area (Å²) in [7, 11) is 0. The van der Waals surface area contributed by atoms with Gasteiger partial charge in [0.25, 0.3) is 0 Å². The van der Waals surface area contributed by atoms with Gasteiger partial charge in [0.05, 0.1) is 0 Å². The van der Waals surface area contributed by atoms with Gasteiger partial charge in [-0.2, -0.15) is 5.10 Å². The Hall–Kier alpha value is -0.640. The van der Waals surface area contributed by atoms with Crippen molar-refractivity contribution in [2.24, 2.45) is 16.8 Å². The fourth-order valence-electron chi connectivity index (χ4n) is 2.30. The van der Waals surface area contributed by atoms with Crippen LogP contribution in [0.15, 0.2) is 5.10 Å². The molecule has 0 aliphatic heterocycles. The van der Waals surface area contributed by atoms with Gasteiger partial charge in [0.15, 0.2) is 5.11 Å². The van der Waals surface area contributed by atoms with E-state index in [9.17, 15) is 0 Å². The van der Waals surface area contributed by atoms with Crippen LogP contribution in [0.3, 0.4) is 0 Å². The third-order valence-electron chi connectivity index (χ3n) is 3.17. The van der Waals surface area contributed by atoms with Crippen LogP contribution < -0.4 is 11.2 Å². The molecule has 3 nitrogen and oxygen atoms in total. The predicted octanol–water partition coefficient (Wildman–Crippen LogP) is 2.95. The second kappa shape index (κ2) is 7.60. The zero-order valence-electron chi connectivity index (χ0n) is 10.2. The van der Waals surface area contributed by atoms with E-state index in [4.69, 9.17) is 18.0 Å². The van der Waals surface area contributed by atoms with E-state index in [1.807, 2.05) is 0 Å². The van der Waals surface area contributed by atoms with Crippen LogP contribution in [0.4, 0.5) is 0 Å². The minimum absolute atomic E-state index is 0.268. The molecular weight excluding hydrogens is 218 g/mol. The minimum atomic E-state index is 0.268. The lowest BCUT2D eigenvalue weighted by molar-refractivity contribution is 0.543. The van der Waals surface area contributed by atoms with Gasteiger partial charge in [0.1, 0.15) is 0 Å². The molecule has 0 heterocycles. The molecule has 1 atom stereocenters. The number of unbranched alkanes of at least 4 members (excludes halogenated alkanes) is 3. The van der Waals surface area contributed by atoms with E-state index >= 15 is 0 Å². The van der Waals surface area contributed by atoms with Crippen LogP contribution in [-0.2, 0) is 0 Å². The monoisotopic (exact) mass is 241 g/mol. The Morgan fingerprint density at radius 2 is 2.31 bits per heavy atom. The number of rotatable bonds is 6. The summed E-state index contributed by atoms with van der Waals surface area (Å²) in [5.74, 6) is 0.665. The van der Waals surface area contributed by atoms with Crippen molar-refractivity contribution in [1.82, 2.24) is 5.43 Å². The summed E-state index contributed by atoms with van der Waals surface area (Å²) in [6.45, 7) is 2.24.